The van der Waals surface area contributed by atoms with Crippen molar-refractivity contribution in [1.82, 2.24) is 0 Å². The molecule has 2 N–H and O–H groups in total. The molecule has 1 aromatic heterocycles. The van der Waals surface area contributed by atoms with Crippen molar-refractivity contribution in [3.63, 3.8) is 0 Å². The summed E-state index contributed by atoms with van der Waals surface area (Å²) in [4.78, 5) is 39.8. The molecule has 0 saturated heterocycles. The second-order valence-corrected chi connectivity index (χ2v) is 11.1. The number of benzene rings is 2. The Morgan fingerprint density at radius 2 is 1.82 bits per heavy atom. The number of para-hydroxylation sites is 1. The van der Waals surface area contributed by atoms with Crippen LogP contribution in [0.2, 0.25) is 0 Å². The lowest BCUT2D eigenvalue weighted by atomic mass is 9.88. The van der Waals surface area contributed by atoms with Gasteiger partial charge in [-0.1, -0.05) is 32.0 Å². The second kappa shape index (κ2) is 12.5. The third kappa shape index (κ3) is 6.50. The summed E-state index contributed by atoms with van der Waals surface area (Å²) < 4.78 is 11.2. The van der Waals surface area contributed by atoms with E-state index in [0.29, 0.717) is 27.8 Å². The molecule has 0 fully saturated rings. The first-order chi connectivity index (χ1) is 18.7. The summed E-state index contributed by atoms with van der Waals surface area (Å²) in [5.41, 5.74) is 4.79. The van der Waals surface area contributed by atoms with Gasteiger partial charge in [0.25, 0.3) is 11.8 Å². The van der Waals surface area contributed by atoms with Gasteiger partial charge in [0.15, 0.2) is 6.10 Å². The maximum atomic E-state index is 13.1. The van der Waals surface area contributed by atoms with Crippen LogP contribution >= 0.6 is 11.3 Å². The first kappa shape index (κ1) is 28.4. The number of carbonyl (C=O) groups is 3. The van der Waals surface area contributed by atoms with E-state index in [1.807, 2.05) is 32.0 Å². The van der Waals surface area contributed by atoms with Gasteiger partial charge in [0.2, 0.25) is 0 Å². The number of amides is 2. The van der Waals surface area contributed by atoms with Crippen LogP contribution in [0.15, 0.2) is 42.5 Å². The van der Waals surface area contributed by atoms with Crippen molar-refractivity contribution in [3.05, 3.63) is 75.2 Å². The molecule has 0 spiro atoms. The summed E-state index contributed by atoms with van der Waals surface area (Å²) in [6, 6.07) is 12.6. The minimum Gasteiger partial charge on any atom is -0.481 e. The van der Waals surface area contributed by atoms with Gasteiger partial charge >= 0.3 is 5.97 Å². The molecule has 1 aliphatic rings. The fraction of sp³-hybridized carbons (Fsp3) is 0.387. The number of ether oxygens (including phenoxy) is 2. The Bertz CT molecular complexity index is 1360. The van der Waals surface area contributed by atoms with E-state index in [4.69, 9.17) is 9.47 Å². The Labute approximate surface area is 233 Å². The molecule has 2 atom stereocenters. The zero-order chi connectivity index (χ0) is 28.1. The van der Waals surface area contributed by atoms with Gasteiger partial charge in [0.1, 0.15) is 10.8 Å². The highest BCUT2D eigenvalue weighted by molar-refractivity contribution is 7.17. The fourth-order valence-corrected chi connectivity index (χ4v) is 6.20. The number of thiophene rings is 1. The molecule has 0 saturated carbocycles. The minimum absolute atomic E-state index is 0.247. The predicted octanol–water partition coefficient (Wildman–Crippen LogP) is 6.58. The summed E-state index contributed by atoms with van der Waals surface area (Å²) >= 11 is 1.46. The monoisotopic (exact) mass is 548 g/mol. The smallest absolute Gasteiger partial charge is 0.341 e. The van der Waals surface area contributed by atoms with Gasteiger partial charge in [0.05, 0.1) is 12.2 Å². The summed E-state index contributed by atoms with van der Waals surface area (Å²) in [6.45, 7) is 9.95. The second-order valence-electron chi connectivity index (χ2n) is 9.97. The van der Waals surface area contributed by atoms with E-state index in [2.05, 4.69) is 17.6 Å². The topological polar surface area (TPSA) is 93.7 Å². The molecule has 2 aromatic carbocycles. The van der Waals surface area contributed by atoms with Crippen LogP contribution in [-0.4, -0.2) is 30.5 Å². The quantitative estimate of drug-likeness (QED) is 0.295. The lowest BCUT2D eigenvalue weighted by molar-refractivity contribution is -0.122. The van der Waals surface area contributed by atoms with E-state index < -0.39 is 12.1 Å². The van der Waals surface area contributed by atoms with Crippen LogP contribution < -0.4 is 15.4 Å². The molecule has 4 rings (SSSR count). The number of hydrogen-bond donors (Lipinski definition) is 2. The van der Waals surface area contributed by atoms with Crippen LogP contribution in [0.5, 0.6) is 5.75 Å². The van der Waals surface area contributed by atoms with Crippen molar-refractivity contribution in [2.24, 2.45) is 5.92 Å². The van der Waals surface area contributed by atoms with Gasteiger partial charge in [-0.2, -0.15) is 0 Å². The van der Waals surface area contributed by atoms with Gasteiger partial charge in [-0.05, 0) is 93.3 Å². The molecular weight excluding hydrogens is 512 g/mol. The third-order valence-electron chi connectivity index (χ3n) is 7.01. The molecule has 0 bridgehead atoms. The maximum Gasteiger partial charge on any atom is 0.341 e. The number of nitrogens with one attached hydrogen (secondary N) is 2. The summed E-state index contributed by atoms with van der Waals surface area (Å²) in [6.07, 6.45) is 2.78. The van der Waals surface area contributed by atoms with Crippen LogP contribution in [0.1, 0.15) is 76.4 Å². The van der Waals surface area contributed by atoms with E-state index in [9.17, 15) is 14.4 Å². The zero-order valence-electron chi connectivity index (χ0n) is 23.2. The molecule has 0 radical (unpaired) electrons. The first-order valence-corrected chi connectivity index (χ1v) is 14.3. The molecule has 0 unspecified atom stereocenters. The summed E-state index contributed by atoms with van der Waals surface area (Å²) in [7, 11) is 0. The van der Waals surface area contributed by atoms with Crippen molar-refractivity contribution in [1.29, 1.82) is 0 Å². The van der Waals surface area contributed by atoms with Crippen LogP contribution in [0.25, 0.3) is 0 Å². The molecule has 39 heavy (non-hydrogen) atoms. The molecular formula is C31H36N2O5S. The number of esters is 1. The highest BCUT2D eigenvalue weighted by Gasteiger charge is 2.29. The number of rotatable bonds is 9. The van der Waals surface area contributed by atoms with Gasteiger partial charge < -0.3 is 20.1 Å². The van der Waals surface area contributed by atoms with Crippen molar-refractivity contribution < 1.29 is 23.9 Å². The molecule has 2 amide bonds. The van der Waals surface area contributed by atoms with Crippen molar-refractivity contribution in [3.8, 4) is 5.75 Å². The maximum absolute atomic E-state index is 13.1. The molecule has 3 aromatic rings. The summed E-state index contributed by atoms with van der Waals surface area (Å²) in [5, 5.41) is 6.46. The highest BCUT2D eigenvalue weighted by atomic mass is 32.1. The van der Waals surface area contributed by atoms with E-state index >= 15 is 0 Å². The van der Waals surface area contributed by atoms with Crippen LogP contribution in [0, 0.1) is 12.8 Å². The molecule has 7 nitrogen and oxygen atoms in total. The SMILES string of the molecule is CCOC(=O)c1c(NC(=O)c2ccc(O[C@@H](C)C(=O)Nc3c(C)cccc3CC)cc2)sc2c1CC[C@H](C)C2. The van der Waals surface area contributed by atoms with E-state index in [0.717, 1.165) is 52.9 Å². The Kier molecular flexibility index (Phi) is 9.07. The molecule has 8 heteroatoms. The van der Waals surface area contributed by atoms with Crippen molar-refractivity contribution in [2.75, 3.05) is 17.2 Å². The van der Waals surface area contributed by atoms with Crippen molar-refractivity contribution >= 4 is 39.8 Å². The number of anilines is 2. The Morgan fingerprint density at radius 1 is 1.08 bits per heavy atom. The van der Waals surface area contributed by atoms with E-state index in [1.165, 1.54) is 11.3 Å². The number of aryl methyl sites for hydroxylation is 2. The van der Waals surface area contributed by atoms with Crippen LogP contribution in [-0.2, 0) is 28.8 Å². The van der Waals surface area contributed by atoms with Crippen LogP contribution in [0.4, 0.5) is 10.7 Å². The molecule has 1 heterocycles. The normalized spacial score (nSPS) is 15.2. The number of carbonyl (C=O) groups excluding carboxylic acids is 3. The largest absolute Gasteiger partial charge is 0.481 e. The molecule has 1 aliphatic carbocycles. The highest BCUT2D eigenvalue weighted by Crippen LogP contribution is 2.40. The molecule has 206 valence electrons. The Morgan fingerprint density at radius 3 is 2.51 bits per heavy atom. The summed E-state index contributed by atoms with van der Waals surface area (Å²) in [5.74, 6) is 0.0479. The Balaban J connectivity index is 1.43. The van der Waals surface area contributed by atoms with Crippen LogP contribution in [0.3, 0.4) is 0 Å². The van der Waals surface area contributed by atoms with Gasteiger partial charge in [0, 0.05) is 16.1 Å². The predicted molar refractivity (Wildman–Crippen MR) is 155 cm³/mol. The lowest BCUT2D eigenvalue weighted by Gasteiger charge is -2.18. The van der Waals surface area contributed by atoms with E-state index in [1.54, 1.807) is 38.1 Å². The zero-order valence-corrected chi connectivity index (χ0v) is 24.0. The molecule has 0 aliphatic heterocycles. The van der Waals surface area contributed by atoms with Gasteiger partial charge in [-0.3, -0.25) is 9.59 Å². The first-order valence-electron chi connectivity index (χ1n) is 13.5. The van der Waals surface area contributed by atoms with E-state index in [-0.39, 0.29) is 18.4 Å². The third-order valence-corrected chi connectivity index (χ3v) is 8.17. The standard InChI is InChI=1S/C31H36N2O5S/c1-6-21-10-8-9-19(4)27(21)32-28(34)20(5)38-23-14-12-22(13-15-23)29(35)33-30-26(31(36)37-7-2)24-16-11-18(3)17-25(24)39-30/h8-10,12-15,18,20H,6-7,11,16-17H2,1-5H3,(H,32,34)(H,33,35)/t18-,20-/m0/s1. The minimum atomic E-state index is -0.735. The number of fused-ring (bicyclic) bond motifs is 1. The van der Waals surface area contributed by atoms with Crippen molar-refractivity contribution in [2.45, 2.75) is 66.4 Å². The lowest BCUT2D eigenvalue weighted by Crippen LogP contribution is -2.30. The average molecular weight is 549 g/mol. The van der Waals surface area contributed by atoms with Gasteiger partial charge in [-0.15, -0.1) is 11.3 Å². The Hall–Kier alpha value is -3.65. The number of hydrogen-bond acceptors (Lipinski definition) is 6. The average Bonchev–Trinajstić information content (AvgIpc) is 3.26. The van der Waals surface area contributed by atoms with Gasteiger partial charge in [-0.25, -0.2) is 4.79 Å². The fourth-order valence-electron chi connectivity index (χ4n) is 4.80.